The second kappa shape index (κ2) is 6.31. The summed E-state index contributed by atoms with van der Waals surface area (Å²) in [5, 5.41) is 2.71. The predicted octanol–water partition coefficient (Wildman–Crippen LogP) is 2.70. The number of pyridine rings is 1. The van der Waals surface area contributed by atoms with E-state index in [1.165, 1.54) is 0 Å². The smallest absolute Gasteiger partial charge is 0.329 e. The van der Waals surface area contributed by atoms with E-state index in [4.69, 9.17) is 9.47 Å². The summed E-state index contributed by atoms with van der Waals surface area (Å²) in [6.07, 6.45) is 3.73. The number of hydrogen-bond donors (Lipinski definition) is 1. The maximum absolute atomic E-state index is 12.3. The molecule has 24 heavy (non-hydrogen) atoms. The zero-order valence-electron chi connectivity index (χ0n) is 13.5. The number of ether oxygens (including phenoxy) is 2. The Morgan fingerprint density at radius 1 is 1.25 bits per heavy atom. The molecule has 0 radical (unpaired) electrons. The number of nitrogens with one attached hydrogen (secondary N) is 1. The number of amides is 1. The molecular formula is C18H18N2O4. The van der Waals surface area contributed by atoms with Crippen LogP contribution in [-0.4, -0.2) is 28.5 Å². The van der Waals surface area contributed by atoms with Gasteiger partial charge < -0.3 is 14.8 Å². The molecule has 6 heteroatoms. The van der Waals surface area contributed by atoms with E-state index >= 15 is 0 Å². The Morgan fingerprint density at radius 3 is 2.58 bits per heavy atom. The summed E-state index contributed by atoms with van der Waals surface area (Å²) in [6, 6.07) is 9.63. The van der Waals surface area contributed by atoms with Gasteiger partial charge in [0, 0.05) is 18.2 Å². The lowest BCUT2D eigenvalue weighted by molar-refractivity contribution is -0.147. The van der Waals surface area contributed by atoms with Gasteiger partial charge in [-0.3, -0.25) is 9.78 Å². The number of hydrogen-bond acceptors (Lipinski definition) is 5. The summed E-state index contributed by atoms with van der Waals surface area (Å²) in [4.78, 5) is 28.0. The number of cyclic esters (lactones) is 1. The van der Waals surface area contributed by atoms with Crippen molar-refractivity contribution in [1.29, 1.82) is 0 Å². The monoisotopic (exact) mass is 326 g/mol. The Morgan fingerprint density at radius 2 is 2.00 bits per heavy atom. The van der Waals surface area contributed by atoms with Crippen molar-refractivity contribution in [2.24, 2.45) is 0 Å². The van der Waals surface area contributed by atoms with E-state index in [0.717, 1.165) is 0 Å². The fraction of sp³-hybridized carbons (Fsp3) is 0.278. The lowest BCUT2D eigenvalue weighted by atomic mass is 10.0. The summed E-state index contributed by atoms with van der Waals surface area (Å²) in [7, 11) is 0. The maximum Gasteiger partial charge on any atom is 0.329 e. The number of carbonyl (C=O) groups excluding carboxylic acids is 2. The van der Waals surface area contributed by atoms with Crippen LogP contribution < -0.4 is 10.1 Å². The van der Waals surface area contributed by atoms with Crippen LogP contribution in [0.2, 0.25) is 0 Å². The van der Waals surface area contributed by atoms with Crippen molar-refractivity contribution >= 4 is 11.9 Å². The van der Waals surface area contributed by atoms with E-state index in [9.17, 15) is 9.59 Å². The van der Waals surface area contributed by atoms with Gasteiger partial charge in [-0.05, 0) is 50.2 Å². The van der Waals surface area contributed by atoms with Gasteiger partial charge in [0.2, 0.25) is 0 Å². The summed E-state index contributed by atoms with van der Waals surface area (Å²) in [6.45, 7) is 3.64. The third-order valence-electron chi connectivity index (χ3n) is 3.65. The van der Waals surface area contributed by atoms with Gasteiger partial charge in [0.15, 0.2) is 0 Å². The summed E-state index contributed by atoms with van der Waals surface area (Å²) < 4.78 is 10.8. The molecule has 2 heterocycles. The van der Waals surface area contributed by atoms with Crippen LogP contribution in [0.3, 0.4) is 0 Å². The predicted molar refractivity (Wildman–Crippen MR) is 86.8 cm³/mol. The van der Waals surface area contributed by atoms with Gasteiger partial charge in [-0.2, -0.15) is 0 Å². The summed E-state index contributed by atoms with van der Waals surface area (Å²) >= 11 is 0. The van der Waals surface area contributed by atoms with E-state index in [2.05, 4.69) is 10.3 Å². The quantitative estimate of drug-likeness (QED) is 0.874. The minimum atomic E-state index is -0.612. The molecule has 0 bridgehead atoms. The molecule has 1 fully saturated rings. The van der Waals surface area contributed by atoms with Crippen molar-refractivity contribution in [3.8, 4) is 11.5 Å². The van der Waals surface area contributed by atoms with Crippen molar-refractivity contribution in [3.63, 3.8) is 0 Å². The lowest BCUT2D eigenvalue weighted by Gasteiger charge is -2.14. The molecular weight excluding hydrogens is 308 g/mol. The van der Waals surface area contributed by atoms with Crippen LogP contribution in [0.1, 0.15) is 30.6 Å². The normalized spacial score (nSPS) is 18.8. The number of nitrogens with zero attached hydrogens (tertiary/aromatic N) is 1. The molecule has 1 amide bonds. The van der Waals surface area contributed by atoms with Crippen LogP contribution >= 0.6 is 0 Å². The Bertz CT molecular complexity index is 741. The van der Waals surface area contributed by atoms with Gasteiger partial charge in [0.05, 0.1) is 6.20 Å². The molecule has 1 aliphatic rings. The largest absolute Gasteiger partial charge is 0.458 e. The average Bonchev–Trinajstić information content (AvgIpc) is 2.81. The fourth-order valence-electron chi connectivity index (χ4n) is 2.53. The second-order valence-corrected chi connectivity index (χ2v) is 6.23. The van der Waals surface area contributed by atoms with Crippen LogP contribution in [0.5, 0.6) is 11.5 Å². The van der Waals surface area contributed by atoms with E-state index < -0.39 is 17.6 Å². The molecule has 0 spiro atoms. The van der Waals surface area contributed by atoms with Gasteiger partial charge in [-0.15, -0.1) is 0 Å². The zero-order chi connectivity index (χ0) is 17.2. The van der Waals surface area contributed by atoms with Crippen LogP contribution in [0.25, 0.3) is 0 Å². The number of benzene rings is 1. The van der Waals surface area contributed by atoms with Crippen molar-refractivity contribution < 1.29 is 19.1 Å². The third kappa shape index (κ3) is 3.71. The Kier molecular flexibility index (Phi) is 4.20. The highest BCUT2D eigenvalue weighted by Crippen LogP contribution is 2.26. The molecule has 1 aromatic heterocycles. The van der Waals surface area contributed by atoms with Crippen molar-refractivity contribution in [2.75, 3.05) is 0 Å². The highest BCUT2D eigenvalue weighted by molar-refractivity contribution is 5.97. The van der Waals surface area contributed by atoms with E-state index in [-0.39, 0.29) is 5.91 Å². The number of aromatic nitrogens is 1. The topological polar surface area (TPSA) is 77.5 Å². The first-order valence-corrected chi connectivity index (χ1v) is 7.65. The van der Waals surface area contributed by atoms with Crippen LogP contribution in [0.4, 0.5) is 0 Å². The molecule has 1 saturated heterocycles. The van der Waals surface area contributed by atoms with Gasteiger partial charge in [-0.25, -0.2) is 4.79 Å². The molecule has 3 rings (SSSR count). The maximum atomic E-state index is 12.3. The molecule has 1 aromatic carbocycles. The first kappa shape index (κ1) is 16.0. The minimum Gasteiger partial charge on any atom is -0.458 e. The zero-order valence-corrected chi connectivity index (χ0v) is 13.5. The Labute approximate surface area is 139 Å². The van der Waals surface area contributed by atoms with Crippen LogP contribution in [0.15, 0.2) is 48.8 Å². The van der Waals surface area contributed by atoms with Crippen molar-refractivity contribution in [1.82, 2.24) is 10.3 Å². The average molecular weight is 326 g/mol. The molecule has 124 valence electrons. The number of rotatable bonds is 4. The first-order valence-electron chi connectivity index (χ1n) is 7.65. The summed E-state index contributed by atoms with van der Waals surface area (Å²) in [5.74, 6) is 0.499. The van der Waals surface area contributed by atoms with E-state index in [0.29, 0.717) is 23.5 Å². The van der Waals surface area contributed by atoms with Crippen molar-refractivity contribution in [2.45, 2.75) is 31.9 Å². The van der Waals surface area contributed by atoms with Gasteiger partial charge in [0.25, 0.3) is 5.91 Å². The van der Waals surface area contributed by atoms with E-state index in [1.54, 1.807) is 48.8 Å². The standard InChI is InChI=1S/C18H18N2O4/c1-18(2)10-15(17(22)24-18)20-16(21)12-5-7-13(8-6-12)23-14-4-3-9-19-11-14/h3-9,11,15H,10H2,1-2H3,(H,20,21)/t15-/m1/s1. The third-order valence-corrected chi connectivity index (χ3v) is 3.65. The van der Waals surface area contributed by atoms with Gasteiger partial charge in [0.1, 0.15) is 23.1 Å². The van der Waals surface area contributed by atoms with Gasteiger partial charge in [-0.1, -0.05) is 0 Å². The Balaban J connectivity index is 1.63. The van der Waals surface area contributed by atoms with Crippen LogP contribution in [-0.2, 0) is 9.53 Å². The van der Waals surface area contributed by atoms with Crippen molar-refractivity contribution in [3.05, 3.63) is 54.4 Å². The van der Waals surface area contributed by atoms with Gasteiger partial charge >= 0.3 is 5.97 Å². The second-order valence-electron chi connectivity index (χ2n) is 6.23. The SMILES string of the molecule is CC1(C)C[C@@H](NC(=O)c2ccc(Oc3cccnc3)cc2)C(=O)O1. The number of carbonyl (C=O) groups is 2. The van der Waals surface area contributed by atoms with Crippen LogP contribution in [0, 0.1) is 0 Å². The molecule has 1 atom stereocenters. The Hall–Kier alpha value is -2.89. The van der Waals surface area contributed by atoms with E-state index in [1.807, 2.05) is 13.8 Å². The highest BCUT2D eigenvalue weighted by atomic mass is 16.6. The molecule has 1 aliphatic heterocycles. The first-order chi connectivity index (χ1) is 11.4. The lowest BCUT2D eigenvalue weighted by Crippen LogP contribution is -2.38. The fourth-order valence-corrected chi connectivity index (χ4v) is 2.53. The molecule has 0 unspecified atom stereocenters. The molecule has 0 saturated carbocycles. The molecule has 1 N–H and O–H groups in total. The molecule has 0 aliphatic carbocycles. The molecule has 2 aromatic rings. The summed E-state index contributed by atoms with van der Waals surface area (Å²) in [5.41, 5.74) is -0.0952. The number of esters is 1. The highest BCUT2D eigenvalue weighted by Gasteiger charge is 2.40. The molecule has 6 nitrogen and oxygen atoms in total. The minimum absolute atomic E-state index is 0.317.